The second-order valence-electron chi connectivity index (χ2n) is 8.10. The molecule has 31 heavy (non-hydrogen) atoms. The number of anilines is 1. The molecule has 166 valence electrons. The van der Waals surface area contributed by atoms with Crippen LogP contribution in [0.3, 0.4) is 0 Å². The number of hydrogen-bond donors (Lipinski definition) is 1. The minimum atomic E-state index is -0.472. The molecular weight excluding hydrogens is 397 g/mol. The second kappa shape index (κ2) is 10.1. The average molecular weight is 428 g/mol. The Balaban J connectivity index is 1.43. The van der Waals surface area contributed by atoms with Gasteiger partial charge in [-0.25, -0.2) is 4.39 Å². The molecular formula is C24H30FN3O3. The molecule has 0 saturated carbocycles. The lowest BCUT2D eigenvalue weighted by atomic mass is 9.95. The van der Waals surface area contributed by atoms with Crippen molar-refractivity contribution in [2.24, 2.45) is 0 Å². The highest BCUT2D eigenvalue weighted by atomic mass is 19.1. The zero-order valence-electron chi connectivity index (χ0n) is 18.0. The lowest BCUT2D eigenvalue weighted by Gasteiger charge is -2.36. The SMILES string of the molecule is CN1CCCc2cc([C@@H](CNC(=O)COc3ccccc3F)N3CCOCC3)ccc21. The Kier molecular flexibility index (Phi) is 7.04. The number of halogens is 1. The van der Waals surface area contributed by atoms with Gasteiger partial charge < -0.3 is 19.7 Å². The van der Waals surface area contributed by atoms with E-state index >= 15 is 0 Å². The van der Waals surface area contributed by atoms with E-state index in [9.17, 15) is 9.18 Å². The first-order valence-electron chi connectivity index (χ1n) is 10.9. The van der Waals surface area contributed by atoms with E-state index in [1.54, 1.807) is 12.1 Å². The van der Waals surface area contributed by atoms with Gasteiger partial charge >= 0.3 is 0 Å². The van der Waals surface area contributed by atoms with Crippen molar-refractivity contribution in [3.8, 4) is 5.75 Å². The van der Waals surface area contributed by atoms with Crippen LogP contribution in [0.4, 0.5) is 10.1 Å². The summed E-state index contributed by atoms with van der Waals surface area (Å²) in [5, 5.41) is 2.98. The highest BCUT2D eigenvalue weighted by Crippen LogP contribution is 2.31. The molecule has 0 bridgehead atoms. The first kappa shape index (κ1) is 21.6. The molecule has 0 aromatic heterocycles. The zero-order valence-corrected chi connectivity index (χ0v) is 18.0. The molecule has 1 N–H and O–H groups in total. The fraction of sp³-hybridized carbons (Fsp3) is 0.458. The van der Waals surface area contributed by atoms with Gasteiger partial charge in [-0.1, -0.05) is 24.3 Å². The Labute approximate surface area is 182 Å². The summed E-state index contributed by atoms with van der Waals surface area (Å²) in [7, 11) is 2.13. The van der Waals surface area contributed by atoms with Crippen molar-refractivity contribution < 1.29 is 18.7 Å². The second-order valence-corrected chi connectivity index (χ2v) is 8.10. The molecule has 6 nitrogen and oxygen atoms in total. The first-order chi connectivity index (χ1) is 15.1. The summed E-state index contributed by atoms with van der Waals surface area (Å²) in [4.78, 5) is 17.1. The van der Waals surface area contributed by atoms with Crippen LogP contribution >= 0.6 is 0 Å². The minimum absolute atomic E-state index is 0.0545. The van der Waals surface area contributed by atoms with Gasteiger partial charge in [-0.05, 0) is 42.2 Å². The Bertz CT molecular complexity index is 901. The number of nitrogens with one attached hydrogen (secondary N) is 1. The van der Waals surface area contributed by atoms with Gasteiger partial charge in [0.1, 0.15) is 0 Å². The predicted octanol–water partition coefficient (Wildman–Crippen LogP) is 2.78. The molecule has 1 atom stereocenters. The lowest BCUT2D eigenvalue weighted by Crippen LogP contribution is -2.44. The number of hydrogen-bond acceptors (Lipinski definition) is 5. The van der Waals surface area contributed by atoms with Gasteiger partial charge in [-0.15, -0.1) is 0 Å². The number of ether oxygens (including phenoxy) is 2. The third-order valence-electron chi connectivity index (χ3n) is 6.01. The highest BCUT2D eigenvalue weighted by Gasteiger charge is 2.25. The van der Waals surface area contributed by atoms with E-state index in [2.05, 4.69) is 40.4 Å². The third-order valence-corrected chi connectivity index (χ3v) is 6.01. The van der Waals surface area contributed by atoms with Gasteiger partial charge in [0.2, 0.25) is 0 Å². The summed E-state index contributed by atoms with van der Waals surface area (Å²) < 4.78 is 24.6. The Morgan fingerprint density at radius 3 is 2.81 bits per heavy atom. The van der Waals surface area contributed by atoms with Crippen LogP contribution in [-0.2, 0) is 16.0 Å². The van der Waals surface area contributed by atoms with Crippen molar-refractivity contribution in [2.75, 3.05) is 57.9 Å². The summed E-state index contributed by atoms with van der Waals surface area (Å²) in [6.07, 6.45) is 2.23. The smallest absolute Gasteiger partial charge is 0.258 e. The Hall–Kier alpha value is -2.64. The maximum atomic E-state index is 13.7. The Morgan fingerprint density at radius 1 is 1.19 bits per heavy atom. The van der Waals surface area contributed by atoms with Gasteiger partial charge in [0, 0.05) is 38.9 Å². The van der Waals surface area contributed by atoms with Crippen LogP contribution in [0.25, 0.3) is 0 Å². The van der Waals surface area contributed by atoms with Crippen LogP contribution in [-0.4, -0.2) is 63.9 Å². The lowest BCUT2D eigenvalue weighted by molar-refractivity contribution is -0.123. The van der Waals surface area contributed by atoms with E-state index in [0.29, 0.717) is 19.8 Å². The number of fused-ring (bicyclic) bond motifs is 1. The number of para-hydroxylation sites is 1. The van der Waals surface area contributed by atoms with Crippen molar-refractivity contribution in [3.05, 3.63) is 59.4 Å². The van der Waals surface area contributed by atoms with Crippen LogP contribution in [0.1, 0.15) is 23.6 Å². The summed E-state index contributed by atoms with van der Waals surface area (Å²) in [6, 6.07) is 12.8. The van der Waals surface area contributed by atoms with E-state index < -0.39 is 5.82 Å². The molecule has 2 aliphatic rings. The van der Waals surface area contributed by atoms with Crippen LogP contribution in [0.15, 0.2) is 42.5 Å². The number of nitrogens with zero attached hydrogens (tertiary/aromatic N) is 2. The summed E-state index contributed by atoms with van der Waals surface area (Å²) in [6.45, 7) is 4.35. The summed E-state index contributed by atoms with van der Waals surface area (Å²) in [5.41, 5.74) is 3.85. The van der Waals surface area contributed by atoms with Gasteiger partial charge in [0.15, 0.2) is 18.2 Å². The summed E-state index contributed by atoms with van der Waals surface area (Å²) >= 11 is 0. The molecule has 2 aromatic rings. The number of rotatable bonds is 7. The van der Waals surface area contributed by atoms with Gasteiger partial charge in [-0.2, -0.15) is 0 Å². The number of amides is 1. The molecule has 0 aliphatic carbocycles. The molecule has 7 heteroatoms. The maximum Gasteiger partial charge on any atom is 0.258 e. The van der Waals surface area contributed by atoms with E-state index in [4.69, 9.17) is 9.47 Å². The third kappa shape index (κ3) is 5.35. The van der Waals surface area contributed by atoms with Crippen molar-refractivity contribution >= 4 is 11.6 Å². The summed E-state index contributed by atoms with van der Waals surface area (Å²) in [5.74, 6) is -0.652. The quantitative estimate of drug-likeness (QED) is 0.737. The fourth-order valence-corrected chi connectivity index (χ4v) is 4.33. The molecule has 4 rings (SSSR count). The molecule has 0 spiro atoms. The average Bonchev–Trinajstić information content (AvgIpc) is 2.79. The maximum absolute atomic E-state index is 13.7. The fourth-order valence-electron chi connectivity index (χ4n) is 4.33. The molecule has 1 fully saturated rings. The Morgan fingerprint density at radius 2 is 2.00 bits per heavy atom. The highest BCUT2D eigenvalue weighted by molar-refractivity contribution is 5.77. The van der Waals surface area contributed by atoms with Crippen molar-refractivity contribution in [1.29, 1.82) is 0 Å². The zero-order chi connectivity index (χ0) is 21.6. The predicted molar refractivity (Wildman–Crippen MR) is 118 cm³/mol. The van der Waals surface area contributed by atoms with Crippen LogP contribution in [0.2, 0.25) is 0 Å². The topological polar surface area (TPSA) is 54.0 Å². The van der Waals surface area contributed by atoms with Gasteiger partial charge in [0.05, 0.1) is 19.3 Å². The molecule has 2 aliphatic heterocycles. The largest absolute Gasteiger partial charge is 0.481 e. The molecule has 0 unspecified atom stereocenters. The molecule has 0 radical (unpaired) electrons. The monoisotopic (exact) mass is 427 g/mol. The van der Waals surface area contributed by atoms with E-state index in [0.717, 1.165) is 32.5 Å². The van der Waals surface area contributed by atoms with E-state index in [-0.39, 0.29) is 24.3 Å². The van der Waals surface area contributed by atoms with Crippen molar-refractivity contribution in [3.63, 3.8) is 0 Å². The van der Waals surface area contributed by atoms with Crippen molar-refractivity contribution in [2.45, 2.75) is 18.9 Å². The number of carbonyl (C=O) groups is 1. The normalized spacial score (nSPS) is 17.7. The molecule has 2 aromatic carbocycles. The number of morpholine rings is 1. The first-order valence-corrected chi connectivity index (χ1v) is 10.9. The number of carbonyl (C=O) groups excluding carboxylic acids is 1. The number of aryl methyl sites for hydroxylation is 1. The van der Waals surface area contributed by atoms with Crippen LogP contribution < -0.4 is 15.0 Å². The van der Waals surface area contributed by atoms with Crippen molar-refractivity contribution in [1.82, 2.24) is 10.2 Å². The van der Waals surface area contributed by atoms with Gasteiger partial charge in [0.25, 0.3) is 5.91 Å². The standard InChI is InChI=1S/C24H30FN3O3/c1-27-10-4-5-18-15-19(8-9-21(18)27)22(28-11-13-30-14-12-28)16-26-24(29)17-31-23-7-3-2-6-20(23)25/h2-3,6-9,15,22H,4-5,10-14,16-17H2,1H3,(H,26,29)/t22-/m1/s1. The number of benzene rings is 2. The molecule has 2 heterocycles. The van der Waals surface area contributed by atoms with Crippen LogP contribution in [0, 0.1) is 5.82 Å². The minimum Gasteiger partial charge on any atom is -0.481 e. The van der Waals surface area contributed by atoms with E-state index in [1.165, 1.54) is 28.9 Å². The molecule has 1 saturated heterocycles. The van der Waals surface area contributed by atoms with E-state index in [1.807, 2.05) is 0 Å². The molecule has 1 amide bonds. The van der Waals surface area contributed by atoms with Gasteiger partial charge in [-0.3, -0.25) is 9.69 Å². The van der Waals surface area contributed by atoms with Crippen LogP contribution in [0.5, 0.6) is 5.75 Å².